The Labute approximate surface area is 220 Å². The molecule has 8 heteroatoms. The van der Waals surface area contributed by atoms with Crippen molar-refractivity contribution in [3.63, 3.8) is 0 Å². The standard InChI is InChI=1S/C28H24Cl2N4O2/c29-21-9-7-11-23(19-21)31-27(35)33(25-13-3-1-4-14-25)17-18-34(26-15-5-2-6-16-26)28(36)32-24-12-8-10-22(30)20-24/h1-16,19-20H,17-18H2,(H,31,35)(H,32,36). The monoisotopic (exact) mass is 518 g/mol. The van der Waals surface area contributed by atoms with Gasteiger partial charge < -0.3 is 10.6 Å². The van der Waals surface area contributed by atoms with Gasteiger partial charge in [-0.15, -0.1) is 0 Å². The number of halogens is 2. The topological polar surface area (TPSA) is 64.7 Å². The van der Waals surface area contributed by atoms with Gasteiger partial charge >= 0.3 is 12.1 Å². The molecule has 36 heavy (non-hydrogen) atoms. The fraction of sp³-hybridized carbons (Fsp3) is 0.0714. The molecule has 0 unspecified atom stereocenters. The summed E-state index contributed by atoms with van der Waals surface area (Å²) in [6.07, 6.45) is 0. The van der Waals surface area contributed by atoms with Gasteiger partial charge in [-0.2, -0.15) is 0 Å². The summed E-state index contributed by atoms with van der Waals surface area (Å²) >= 11 is 12.2. The molecule has 2 N–H and O–H groups in total. The lowest BCUT2D eigenvalue weighted by Crippen LogP contribution is -2.44. The summed E-state index contributed by atoms with van der Waals surface area (Å²) in [4.78, 5) is 29.8. The van der Waals surface area contributed by atoms with Crippen LogP contribution < -0.4 is 20.4 Å². The summed E-state index contributed by atoms with van der Waals surface area (Å²) in [7, 11) is 0. The molecule has 0 atom stereocenters. The van der Waals surface area contributed by atoms with Gasteiger partial charge in [-0.1, -0.05) is 71.7 Å². The van der Waals surface area contributed by atoms with Gasteiger partial charge in [-0.3, -0.25) is 9.80 Å². The fourth-order valence-corrected chi connectivity index (χ4v) is 4.01. The molecule has 182 valence electrons. The summed E-state index contributed by atoms with van der Waals surface area (Å²) in [5.41, 5.74) is 2.54. The van der Waals surface area contributed by atoms with Gasteiger partial charge in [0.1, 0.15) is 0 Å². The summed E-state index contributed by atoms with van der Waals surface area (Å²) in [6.45, 7) is 0.461. The molecule has 0 aliphatic heterocycles. The number of anilines is 4. The first kappa shape index (κ1) is 25.1. The van der Waals surface area contributed by atoms with Crippen LogP contribution in [0.25, 0.3) is 0 Å². The SMILES string of the molecule is O=C(Nc1cccc(Cl)c1)N(CCN(C(=O)Nc1cccc(Cl)c1)c1ccccc1)c1ccccc1. The predicted octanol–water partition coefficient (Wildman–Crippen LogP) is 7.77. The van der Waals surface area contributed by atoms with Gasteiger partial charge in [0.15, 0.2) is 0 Å². The molecule has 4 aromatic rings. The first-order valence-electron chi connectivity index (χ1n) is 11.3. The van der Waals surface area contributed by atoms with Gasteiger partial charge in [0.05, 0.1) is 0 Å². The van der Waals surface area contributed by atoms with Crippen molar-refractivity contribution in [1.82, 2.24) is 0 Å². The lowest BCUT2D eigenvalue weighted by Gasteiger charge is -2.28. The van der Waals surface area contributed by atoms with Crippen LogP contribution in [0.5, 0.6) is 0 Å². The Balaban J connectivity index is 1.57. The van der Waals surface area contributed by atoms with E-state index in [0.717, 1.165) is 0 Å². The van der Waals surface area contributed by atoms with Crippen molar-refractivity contribution in [3.8, 4) is 0 Å². The minimum atomic E-state index is -0.341. The average Bonchev–Trinajstić information content (AvgIpc) is 2.87. The Morgan fingerprint density at radius 3 is 1.31 bits per heavy atom. The number of hydrogen-bond acceptors (Lipinski definition) is 2. The highest BCUT2D eigenvalue weighted by Crippen LogP contribution is 2.21. The van der Waals surface area contributed by atoms with Crippen molar-refractivity contribution in [2.75, 3.05) is 33.5 Å². The van der Waals surface area contributed by atoms with Crippen LogP contribution in [0.4, 0.5) is 32.3 Å². The maximum absolute atomic E-state index is 13.3. The van der Waals surface area contributed by atoms with E-state index in [1.807, 2.05) is 60.7 Å². The van der Waals surface area contributed by atoms with E-state index < -0.39 is 0 Å². The zero-order chi connectivity index (χ0) is 25.3. The van der Waals surface area contributed by atoms with Crippen LogP contribution in [0, 0.1) is 0 Å². The zero-order valence-corrected chi connectivity index (χ0v) is 20.8. The highest BCUT2D eigenvalue weighted by atomic mass is 35.5. The van der Waals surface area contributed by atoms with Crippen molar-refractivity contribution in [2.45, 2.75) is 0 Å². The number of urea groups is 2. The number of benzene rings is 4. The first-order chi connectivity index (χ1) is 17.5. The maximum Gasteiger partial charge on any atom is 0.326 e. The van der Waals surface area contributed by atoms with Crippen molar-refractivity contribution >= 4 is 58.0 Å². The number of amides is 4. The van der Waals surface area contributed by atoms with Crippen molar-refractivity contribution in [2.24, 2.45) is 0 Å². The summed E-state index contributed by atoms with van der Waals surface area (Å²) in [5.74, 6) is 0. The summed E-state index contributed by atoms with van der Waals surface area (Å²) < 4.78 is 0. The third-order valence-electron chi connectivity index (χ3n) is 5.33. The molecule has 4 amide bonds. The molecule has 0 fully saturated rings. The smallest absolute Gasteiger partial charge is 0.307 e. The quantitative estimate of drug-likeness (QED) is 0.262. The first-order valence-corrected chi connectivity index (χ1v) is 12.0. The normalized spacial score (nSPS) is 10.4. The van der Waals surface area contributed by atoms with E-state index in [-0.39, 0.29) is 25.2 Å². The van der Waals surface area contributed by atoms with Gasteiger partial charge in [-0.25, -0.2) is 9.59 Å². The highest BCUT2D eigenvalue weighted by molar-refractivity contribution is 6.31. The maximum atomic E-state index is 13.3. The number of carbonyl (C=O) groups is 2. The van der Waals surface area contributed by atoms with Crippen molar-refractivity contribution < 1.29 is 9.59 Å². The number of rotatable bonds is 7. The second-order valence-electron chi connectivity index (χ2n) is 7.86. The van der Waals surface area contributed by atoms with E-state index in [1.54, 1.807) is 58.3 Å². The molecule has 0 aliphatic carbocycles. The number of nitrogens with zero attached hydrogens (tertiary/aromatic N) is 2. The van der Waals surface area contributed by atoms with E-state index in [2.05, 4.69) is 10.6 Å². The van der Waals surface area contributed by atoms with Gasteiger partial charge in [0.25, 0.3) is 0 Å². The third-order valence-corrected chi connectivity index (χ3v) is 5.80. The van der Waals surface area contributed by atoms with Gasteiger partial charge in [-0.05, 0) is 60.7 Å². The van der Waals surface area contributed by atoms with Crippen LogP contribution in [-0.2, 0) is 0 Å². The molecular weight excluding hydrogens is 495 g/mol. The van der Waals surface area contributed by atoms with E-state index >= 15 is 0 Å². The minimum Gasteiger partial charge on any atom is -0.307 e. The van der Waals surface area contributed by atoms with Crippen LogP contribution in [0.1, 0.15) is 0 Å². The van der Waals surface area contributed by atoms with E-state index in [0.29, 0.717) is 32.8 Å². The molecule has 0 saturated carbocycles. The Morgan fingerprint density at radius 2 is 0.944 bits per heavy atom. The molecule has 0 aromatic heterocycles. The van der Waals surface area contributed by atoms with Crippen molar-refractivity contribution in [3.05, 3.63) is 119 Å². The Bertz CT molecular complexity index is 1220. The van der Waals surface area contributed by atoms with E-state index in [1.165, 1.54) is 0 Å². The highest BCUT2D eigenvalue weighted by Gasteiger charge is 2.21. The Morgan fingerprint density at radius 1 is 0.556 bits per heavy atom. The molecule has 0 saturated heterocycles. The molecule has 4 aromatic carbocycles. The number of hydrogen-bond donors (Lipinski definition) is 2. The number of carbonyl (C=O) groups excluding carboxylic acids is 2. The largest absolute Gasteiger partial charge is 0.326 e. The fourth-order valence-electron chi connectivity index (χ4n) is 3.63. The number of para-hydroxylation sites is 2. The van der Waals surface area contributed by atoms with Crippen LogP contribution in [0.15, 0.2) is 109 Å². The molecule has 0 bridgehead atoms. The summed E-state index contributed by atoms with van der Waals surface area (Å²) in [6, 6.07) is 31.8. The van der Waals surface area contributed by atoms with Crippen LogP contribution in [0.2, 0.25) is 10.0 Å². The van der Waals surface area contributed by atoms with Gasteiger partial charge in [0, 0.05) is 45.9 Å². The molecular formula is C28H24Cl2N4O2. The van der Waals surface area contributed by atoms with Gasteiger partial charge in [0.2, 0.25) is 0 Å². The molecule has 0 spiro atoms. The predicted molar refractivity (Wildman–Crippen MR) is 149 cm³/mol. The molecule has 0 radical (unpaired) electrons. The molecule has 0 aliphatic rings. The lowest BCUT2D eigenvalue weighted by atomic mass is 10.2. The van der Waals surface area contributed by atoms with E-state index in [9.17, 15) is 9.59 Å². The Kier molecular flexibility index (Phi) is 8.44. The van der Waals surface area contributed by atoms with E-state index in [4.69, 9.17) is 23.2 Å². The van der Waals surface area contributed by atoms with Crippen LogP contribution in [-0.4, -0.2) is 25.2 Å². The number of nitrogens with one attached hydrogen (secondary N) is 2. The summed E-state index contributed by atoms with van der Waals surface area (Å²) in [5, 5.41) is 6.82. The zero-order valence-electron chi connectivity index (χ0n) is 19.3. The third kappa shape index (κ3) is 6.78. The van der Waals surface area contributed by atoms with Crippen LogP contribution in [0.3, 0.4) is 0 Å². The molecule has 0 heterocycles. The van der Waals surface area contributed by atoms with Crippen molar-refractivity contribution in [1.29, 1.82) is 0 Å². The Hall–Kier alpha value is -4.00. The molecule has 4 rings (SSSR count). The van der Waals surface area contributed by atoms with Crippen LogP contribution >= 0.6 is 23.2 Å². The average molecular weight is 519 g/mol. The minimum absolute atomic E-state index is 0.230. The second-order valence-corrected chi connectivity index (χ2v) is 8.73. The molecule has 6 nitrogen and oxygen atoms in total. The lowest BCUT2D eigenvalue weighted by molar-refractivity contribution is 0.254. The second kappa shape index (κ2) is 12.1.